The molecule has 0 saturated carbocycles. The van der Waals surface area contributed by atoms with Gasteiger partial charge in [0.15, 0.2) is 26.1 Å². The number of aromatic amines is 2. The van der Waals surface area contributed by atoms with E-state index in [-0.39, 0.29) is 33.7 Å². The summed E-state index contributed by atoms with van der Waals surface area (Å²) in [6, 6.07) is -0.493. The van der Waals surface area contributed by atoms with Crippen LogP contribution in [-0.4, -0.2) is 56.4 Å². The first-order valence-corrected chi connectivity index (χ1v) is 8.86. The summed E-state index contributed by atoms with van der Waals surface area (Å²) in [5.41, 5.74) is 0.103. The summed E-state index contributed by atoms with van der Waals surface area (Å²) in [5, 5.41) is 5.05. The van der Waals surface area contributed by atoms with E-state index >= 15 is 0 Å². The Kier molecular flexibility index (Phi) is 3.78. The molecule has 1 fully saturated rings. The van der Waals surface area contributed by atoms with Crippen LogP contribution < -0.4 is 16.2 Å². The molecule has 0 bridgehead atoms. The number of anilines is 1. The Labute approximate surface area is 134 Å². The molecule has 2 atom stereocenters. The molecule has 3 rings (SSSR count). The van der Waals surface area contributed by atoms with Crippen molar-refractivity contribution in [1.29, 1.82) is 0 Å². The molecule has 1 aliphatic rings. The molecule has 9 nitrogen and oxygen atoms in total. The first kappa shape index (κ1) is 15.2. The number of nitrogens with one attached hydrogen (secondary N) is 4. The third-order valence-electron chi connectivity index (χ3n) is 3.13. The molecule has 0 radical (unpaired) electrons. The summed E-state index contributed by atoms with van der Waals surface area (Å²) >= 11 is 11.1. The van der Waals surface area contributed by atoms with Gasteiger partial charge in [-0.2, -0.15) is 4.98 Å². The number of fused-ring (bicyclic) bond motifs is 1. The maximum absolute atomic E-state index is 11.8. The molecule has 118 valence electrons. The topological polar surface area (TPSA) is 133 Å². The van der Waals surface area contributed by atoms with Crippen LogP contribution in [0.25, 0.3) is 11.2 Å². The van der Waals surface area contributed by atoms with Gasteiger partial charge < -0.3 is 15.6 Å². The maximum Gasteiger partial charge on any atom is 0.278 e. The zero-order valence-corrected chi connectivity index (χ0v) is 13.3. The van der Waals surface area contributed by atoms with E-state index in [2.05, 4.69) is 30.6 Å². The van der Waals surface area contributed by atoms with Crippen LogP contribution >= 0.6 is 23.8 Å². The smallest absolute Gasteiger partial charge is 0.278 e. The van der Waals surface area contributed by atoms with Crippen molar-refractivity contribution in [3.63, 3.8) is 0 Å². The Balaban J connectivity index is 1.72. The number of aromatic nitrogens is 4. The largest absolute Gasteiger partial charge is 0.357 e. The Bertz CT molecular complexity index is 891. The molecule has 12 heteroatoms. The van der Waals surface area contributed by atoms with Crippen LogP contribution in [0.5, 0.6) is 0 Å². The van der Waals surface area contributed by atoms with Gasteiger partial charge in [-0.25, -0.2) is 13.4 Å². The highest BCUT2D eigenvalue weighted by Gasteiger charge is 2.36. The molecule has 0 unspecified atom stereocenters. The standard InChI is InChI=1S/C10H11ClN6O3S2/c11-4-1-22(19,20)2-5(4)14-10(21)17-9-15-7-6(8(18)16-9)12-3-13-7/h3-5H,1-2H2,(H4,12,13,14,15,16,17,18,21)/t4-,5-/m0/s1. The van der Waals surface area contributed by atoms with Gasteiger partial charge in [-0.05, 0) is 12.2 Å². The molecule has 22 heavy (non-hydrogen) atoms. The number of rotatable bonds is 2. The number of nitrogens with zero attached hydrogens (tertiary/aromatic N) is 2. The van der Waals surface area contributed by atoms with E-state index in [9.17, 15) is 13.2 Å². The summed E-state index contributed by atoms with van der Waals surface area (Å²) in [7, 11) is -3.16. The summed E-state index contributed by atoms with van der Waals surface area (Å²) in [4.78, 5) is 24.9. The number of H-pyrrole nitrogens is 2. The third kappa shape index (κ3) is 3.05. The Hall–Kier alpha value is -1.72. The lowest BCUT2D eigenvalue weighted by Crippen LogP contribution is -2.43. The highest BCUT2D eigenvalue weighted by Crippen LogP contribution is 2.18. The van der Waals surface area contributed by atoms with Crippen LogP contribution in [0.2, 0.25) is 0 Å². The van der Waals surface area contributed by atoms with Crippen LogP contribution in [0.3, 0.4) is 0 Å². The van der Waals surface area contributed by atoms with E-state index < -0.39 is 26.8 Å². The maximum atomic E-state index is 11.8. The number of thiocarbonyl (C=S) groups is 1. The predicted molar refractivity (Wildman–Crippen MR) is 85.9 cm³/mol. The molecule has 4 N–H and O–H groups in total. The van der Waals surface area contributed by atoms with E-state index in [0.717, 1.165) is 0 Å². The lowest BCUT2D eigenvalue weighted by atomic mass is 10.2. The monoisotopic (exact) mass is 362 g/mol. The van der Waals surface area contributed by atoms with Gasteiger partial charge >= 0.3 is 0 Å². The number of imidazole rings is 1. The van der Waals surface area contributed by atoms with Gasteiger partial charge in [-0.3, -0.25) is 9.78 Å². The van der Waals surface area contributed by atoms with Gasteiger partial charge in [-0.15, -0.1) is 11.6 Å². The van der Waals surface area contributed by atoms with E-state index in [1.807, 2.05) is 0 Å². The van der Waals surface area contributed by atoms with Crippen molar-refractivity contribution in [2.24, 2.45) is 0 Å². The van der Waals surface area contributed by atoms with Crippen LogP contribution in [0.1, 0.15) is 0 Å². The number of hydrogen-bond acceptors (Lipinski definition) is 6. The van der Waals surface area contributed by atoms with Crippen LogP contribution in [-0.2, 0) is 9.84 Å². The van der Waals surface area contributed by atoms with E-state index in [4.69, 9.17) is 23.8 Å². The van der Waals surface area contributed by atoms with Gasteiger partial charge in [0.25, 0.3) is 5.56 Å². The van der Waals surface area contributed by atoms with Gasteiger partial charge in [0, 0.05) is 0 Å². The van der Waals surface area contributed by atoms with E-state index in [0.29, 0.717) is 0 Å². The highest BCUT2D eigenvalue weighted by molar-refractivity contribution is 7.91. The highest BCUT2D eigenvalue weighted by atomic mass is 35.5. The van der Waals surface area contributed by atoms with E-state index in [1.54, 1.807) is 0 Å². The number of halogens is 1. The van der Waals surface area contributed by atoms with Gasteiger partial charge in [0.05, 0.1) is 29.3 Å². The molecule has 1 saturated heterocycles. The van der Waals surface area contributed by atoms with Crippen molar-refractivity contribution in [3.8, 4) is 0 Å². The van der Waals surface area contributed by atoms with Crippen LogP contribution in [0, 0.1) is 0 Å². The molecule has 0 aliphatic carbocycles. The molecule has 0 amide bonds. The number of alkyl halides is 1. The molecular formula is C10H11ClN6O3S2. The normalized spacial score (nSPS) is 23.5. The molecule has 3 heterocycles. The second-order valence-corrected chi connectivity index (χ2v) is 7.94. The fraction of sp³-hybridized carbons (Fsp3) is 0.400. The average Bonchev–Trinajstić information content (AvgIpc) is 2.94. The molecule has 0 aromatic carbocycles. The van der Waals surface area contributed by atoms with Gasteiger partial charge in [0.1, 0.15) is 0 Å². The molecule has 2 aromatic heterocycles. The van der Waals surface area contributed by atoms with Crippen LogP contribution in [0.4, 0.5) is 5.95 Å². The fourth-order valence-corrected chi connectivity index (χ4v) is 4.95. The molecular weight excluding hydrogens is 352 g/mol. The Morgan fingerprint density at radius 2 is 2.23 bits per heavy atom. The van der Waals surface area contributed by atoms with Crippen molar-refractivity contribution >= 4 is 55.9 Å². The number of hydrogen-bond donors (Lipinski definition) is 4. The third-order valence-corrected chi connectivity index (χ3v) is 5.72. The molecule has 0 spiro atoms. The summed E-state index contributed by atoms with van der Waals surface area (Å²) in [6.07, 6.45) is 1.36. The fourth-order valence-electron chi connectivity index (χ4n) is 2.15. The van der Waals surface area contributed by atoms with E-state index in [1.165, 1.54) is 6.33 Å². The minimum Gasteiger partial charge on any atom is -0.357 e. The minimum atomic E-state index is -3.16. The second-order valence-electron chi connectivity index (χ2n) is 4.81. The van der Waals surface area contributed by atoms with Crippen molar-refractivity contribution in [1.82, 2.24) is 25.3 Å². The first-order chi connectivity index (χ1) is 10.3. The second kappa shape index (κ2) is 5.48. The number of sulfone groups is 1. The molecule has 2 aromatic rings. The zero-order valence-electron chi connectivity index (χ0n) is 11.0. The van der Waals surface area contributed by atoms with Crippen molar-refractivity contribution in [2.45, 2.75) is 11.4 Å². The van der Waals surface area contributed by atoms with Crippen LogP contribution in [0.15, 0.2) is 11.1 Å². The Morgan fingerprint density at radius 3 is 2.91 bits per heavy atom. The summed E-state index contributed by atoms with van der Waals surface area (Å²) in [5.74, 6) is -0.0804. The lowest BCUT2D eigenvalue weighted by Gasteiger charge is -2.16. The summed E-state index contributed by atoms with van der Waals surface area (Å²) < 4.78 is 23.0. The van der Waals surface area contributed by atoms with Crippen molar-refractivity contribution in [2.75, 3.05) is 16.8 Å². The van der Waals surface area contributed by atoms with Gasteiger partial charge in [0.2, 0.25) is 5.95 Å². The Morgan fingerprint density at radius 1 is 1.45 bits per heavy atom. The zero-order chi connectivity index (χ0) is 15.9. The summed E-state index contributed by atoms with van der Waals surface area (Å²) in [6.45, 7) is 0. The minimum absolute atomic E-state index is 0.0919. The quantitative estimate of drug-likeness (QED) is 0.408. The first-order valence-electron chi connectivity index (χ1n) is 6.19. The predicted octanol–water partition coefficient (Wildman–Crippen LogP) is -0.663. The molecule has 1 aliphatic heterocycles. The van der Waals surface area contributed by atoms with Crippen molar-refractivity contribution in [3.05, 3.63) is 16.7 Å². The average molecular weight is 363 g/mol. The van der Waals surface area contributed by atoms with Crippen molar-refractivity contribution < 1.29 is 8.42 Å². The van der Waals surface area contributed by atoms with Gasteiger partial charge in [-0.1, -0.05) is 0 Å². The SMILES string of the molecule is O=c1[nH]c(NC(=S)N[C@H]2CS(=O)(=O)C[C@@H]2Cl)nc2nc[nH]c12. The lowest BCUT2D eigenvalue weighted by molar-refractivity contribution is 0.600.